The van der Waals surface area contributed by atoms with Crippen LogP contribution in [0, 0.1) is 0 Å². The Balaban J connectivity index is 2.62. The van der Waals surface area contributed by atoms with Crippen molar-refractivity contribution in [3.63, 3.8) is 0 Å². The van der Waals surface area contributed by atoms with Crippen LogP contribution in [-0.4, -0.2) is 24.9 Å². The van der Waals surface area contributed by atoms with E-state index >= 15 is 0 Å². The van der Waals surface area contributed by atoms with Gasteiger partial charge in [-0.1, -0.05) is 23.2 Å². The molecule has 102 valence electrons. The minimum Gasteiger partial charge on any atom is -0.492 e. The highest BCUT2D eigenvalue weighted by molar-refractivity contribution is 6.35. The number of benzene rings is 1. The smallest absolute Gasteiger partial charge is 0.142 e. The van der Waals surface area contributed by atoms with Crippen LogP contribution in [0.3, 0.4) is 0 Å². The lowest BCUT2D eigenvalue weighted by atomic mass is 10.2. The number of hydrogen-bond acceptors (Lipinski definition) is 3. The molecule has 0 heterocycles. The first-order chi connectivity index (χ1) is 8.69. The van der Waals surface area contributed by atoms with Crippen LogP contribution in [0.25, 0.3) is 0 Å². The standard InChI is InChI=1S/C13H19Cl2NO2/c1-2-18-13-10(7-11(14)8-12(13)15)9-16-5-3-4-6-17/h7-8,16-17H,2-6,9H2,1H3. The lowest BCUT2D eigenvalue weighted by Gasteiger charge is -2.13. The molecular formula is C13H19Cl2NO2. The van der Waals surface area contributed by atoms with Crippen molar-refractivity contribution < 1.29 is 9.84 Å². The normalized spacial score (nSPS) is 10.7. The quantitative estimate of drug-likeness (QED) is 0.723. The molecule has 0 aliphatic rings. The number of aliphatic hydroxyl groups is 1. The van der Waals surface area contributed by atoms with Gasteiger partial charge in [0.25, 0.3) is 0 Å². The zero-order valence-electron chi connectivity index (χ0n) is 10.5. The predicted molar refractivity (Wildman–Crippen MR) is 75.7 cm³/mol. The van der Waals surface area contributed by atoms with Crippen molar-refractivity contribution in [2.45, 2.75) is 26.3 Å². The number of unbranched alkanes of at least 4 members (excludes halogenated alkanes) is 1. The molecule has 0 bridgehead atoms. The maximum atomic E-state index is 8.69. The summed E-state index contributed by atoms with van der Waals surface area (Å²) in [4.78, 5) is 0. The largest absolute Gasteiger partial charge is 0.492 e. The molecule has 0 saturated carbocycles. The molecule has 0 unspecified atom stereocenters. The monoisotopic (exact) mass is 291 g/mol. The Bertz CT molecular complexity index is 372. The lowest BCUT2D eigenvalue weighted by molar-refractivity contribution is 0.283. The van der Waals surface area contributed by atoms with E-state index < -0.39 is 0 Å². The van der Waals surface area contributed by atoms with Gasteiger partial charge in [0.1, 0.15) is 5.75 Å². The van der Waals surface area contributed by atoms with Crippen LogP contribution in [0.4, 0.5) is 0 Å². The third-order valence-electron chi connectivity index (χ3n) is 2.45. The minimum absolute atomic E-state index is 0.231. The highest BCUT2D eigenvalue weighted by Crippen LogP contribution is 2.32. The molecule has 3 nitrogen and oxygen atoms in total. The van der Waals surface area contributed by atoms with Crippen LogP contribution in [-0.2, 0) is 6.54 Å². The van der Waals surface area contributed by atoms with E-state index in [1.165, 1.54) is 0 Å². The van der Waals surface area contributed by atoms with Crippen LogP contribution < -0.4 is 10.1 Å². The van der Waals surface area contributed by atoms with Crippen molar-refractivity contribution in [2.24, 2.45) is 0 Å². The van der Waals surface area contributed by atoms with E-state index in [1.807, 2.05) is 13.0 Å². The molecule has 1 rings (SSSR count). The summed E-state index contributed by atoms with van der Waals surface area (Å²) in [5.74, 6) is 0.693. The van der Waals surface area contributed by atoms with Crippen molar-refractivity contribution in [2.75, 3.05) is 19.8 Å². The van der Waals surface area contributed by atoms with Crippen LogP contribution in [0.2, 0.25) is 10.0 Å². The van der Waals surface area contributed by atoms with Gasteiger partial charge < -0.3 is 15.2 Å². The Hall–Kier alpha value is -0.480. The van der Waals surface area contributed by atoms with E-state index in [0.717, 1.165) is 24.9 Å². The molecule has 18 heavy (non-hydrogen) atoms. The van der Waals surface area contributed by atoms with Gasteiger partial charge in [-0.25, -0.2) is 0 Å². The molecule has 1 aromatic carbocycles. The van der Waals surface area contributed by atoms with E-state index in [0.29, 0.717) is 28.9 Å². The molecule has 0 radical (unpaired) electrons. The second-order valence-electron chi connectivity index (χ2n) is 3.92. The molecule has 0 aliphatic carbocycles. The first-order valence-corrected chi connectivity index (χ1v) is 6.87. The number of ether oxygens (including phenoxy) is 1. The number of nitrogens with one attached hydrogen (secondary N) is 1. The average Bonchev–Trinajstić information content (AvgIpc) is 2.33. The van der Waals surface area contributed by atoms with Crippen LogP contribution in [0.15, 0.2) is 12.1 Å². The van der Waals surface area contributed by atoms with Gasteiger partial charge in [0.05, 0.1) is 11.6 Å². The van der Waals surface area contributed by atoms with Gasteiger partial charge in [-0.15, -0.1) is 0 Å². The maximum Gasteiger partial charge on any atom is 0.142 e. The summed E-state index contributed by atoms with van der Waals surface area (Å²) in [7, 11) is 0. The Morgan fingerprint density at radius 2 is 2.06 bits per heavy atom. The number of halogens is 2. The van der Waals surface area contributed by atoms with Crippen molar-refractivity contribution in [1.29, 1.82) is 0 Å². The summed E-state index contributed by atoms with van der Waals surface area (Å²) < 4.78 is 5.53. The van der Waals surface area contributed by atoms with E-state index in [4.69, 9.17) is 33.0 Å². The summed E-state index contributed by atoms with van der Waals surface area (Å²) in [6, 6.07) is 3.54. The number of hydrogen-bond donors (Lipinski definition) is 2. The van der Waals surface area contributed by atoms with Gasteiger partial charge in [-0.3, -0.25) is 0 Å². The molecule has 0 fully saturated rings. The molecule has 0 atom stereocenters. The van der Waals surface area contributed by atoms with E-state index in [2.05, 4.69) is 5.32 Å². The zero-order chi connectivity index (χ0) is 13.4. The topological polar surface area (TPSA) is 41.5 Å². The van der Waals surface area contributed by atoms with Gasteiger partial charge in [-0.2, -0.15) is 0 Å². The van der Waals surface area contributed by atoms with Crippen molar-refractivity contribution in [1.82, 2.24) is 5.32 Å². The third kappa shape index (κ3) is 5.02. The molecule has 5 heteroatoms. The minimum atomic E-state index is 0.231. The van der Waals surface area contributed by atoms with E-state index in [1.54, 1.807) is 6.07 Å². The predicted octanol–water partition coefficient (Wildman–Crippen LogP) is 3.25. The second kappa shape index (κ2) is 8.59. The molecule has 0 amide bonds. The SMILES string of the molecule is CCOc1c(Cl)cc(Cl)cc1CNCCCCO. The fourth-order valence-corrected chi connectivity index (χ4v) is 2.23. The van der Waals surface area contributed by atoms with Crippen molar-refractivity contribution in [3.8, 4) is 5.75 Å². The summed E-state index contributed by atoms with van der Waals surface area (Å²) in [5, 5.41) is 13.1. The van der Waals surface area contributed by atoms with E-state index in [9.17, 15) is 0 Å². The average molecular weight is 292 g/mol. The van der Waals surface area contributed by atoms with Gasteiger partial charge in [0, 0.05) is 23.7 Å². The third-order valence-corrected chi connectivity index (χ3v) is 2.95. The van der Waals surface area contributed by atoms with Gasteiger partial charge >= 0.3 is 0 Å². The highest BCUT2D eigenvalue weighted by atomic mass is 35.5. The summed E-state index contributed by atoms with van der Waals surface area (Å²) in [5.41, 5.74) is 0.957. The highest BCUT2D eigenvalue weighted by Gasteiger charge is 2.09. The molecule has 0 aliphatic heterocycles. The number of rotatable bonds is 8. The Labute approximate surface area is 118 Å². The molecule has 0 spiro atoms. The summed E-state index contributed by atoms with van der Waals surface area (Å²) in [6.07, 6.45) is 1.75. The van der Waals surface area contributed by atoms with Crippen molar-refractivity contribution >= 4 is 23.2 Å². The Morgan fingerprint density at radius 1 is 1.28 bits per heavy atom. The summed E-state index contributed by atoms with van der Waals surface area (Å²) >= 11 is 12.1. The fraction of sp³-hybridized carbons (Fsp3) is 0.538. The molecule has 0 saturated heterocycles. The Kier molecular flexibility index (Phi) is 7.44. The van der Waals surface area contributed by atoms with Crippen LogP contribution in [0.5, 0.6) is 5.75 Å². The first kappa shape index (κ1) is 15.6. The lowest BCUT2D eigenvalue weighted by Crippen LogP contribution is -2.16. The summed E-state index contributed by atoms with van der Waals surface area (Å²) in [6.45, 7) is 4.22. The first-order valence-electron chi connectivity index (χ1n) is 6.11. The Morgan fingerprint density at radius 3 is 2.72 bits per heavy atom. The molecular weight excluding hydrogens is 273 g/mol. The second-order valence-corrected chi connectivity index (χ2v) is 4.76. The van der Waals surface area contributed by atoms with Gasteiger partial charge in [0.15, 0.2) is 0 Å². The molecule has 2 N–H and O–H groups in total. The van der Waals surface area contributed by atoms with Gasteiger partial charge in [-0.05, 0) is 38.4 Å². The van der Waals surface area contributed by atoms with E-state index in [-0.39, 0.29) is 6.61 Å². The van der Waals surface area contributed by atoms with Crippen LogP contribution >= 0.6 is 23.2 Å². The zero-order valence-corrected chi connectivity index (χ0v) is 12.0. The molecule has 0 aromatic heterocycles. The fourth-order valence-electron chi connectivity index (χ4n) is 1.64. The number of aliphatic hydroxyl groups excluding tert-OH is 1. The van der Waals surface area contributed by atoms with Crippen molar-refractivity contribution in [3.05, 3.63) is 27.7 Å². The van der Waals surface area contributed by atoms with Crippen LogP contribution in [0.1, 0.15) is 25.3 Å². The molecule has 1 aromatic rings. The van der Waals surface area contributed by atoms with Gasteiger partial charge in [0.2, 0.25) is 0 Å². The maximum absolute atomic E-state index is 8.69.